The van der Waals surface area contributed by atoms with Crippen LogP contribution >= 0.6 is 0 Å². The lowest BCUT2D eigenvalue weighted by atomic mass is 10.1. The average Bonchev–Trinajstić information content (AvgIpc) is 2.63. The predicted octanol–water partition coefficient (Wildman–Crippen LogP) is 1.89. The van der Waals surface area contributed by atoms with Crippen molar-refractivity contribution in [2.24, 2.45) is 5.10 Å². The summed E-state index contributed by atoms with van der Waals surface area (Å²) in [6.07, 6.45) is 1.98. The minimum Gasteiger partial charge on any atom is -0.497 e. The molecule has 130 valence electrons. The number of ether oxygens (including phenoxy) is 1. The van der Waals surface area contributed by atoms with Gasteiger partial charge in [0, 0.05) is 6.54 Å². The lowest BCUT2D eigenvalue weighted by Crippen LogP contribution is -2.31. The molecule has 0 atom stereocenters. The van der Waals surface area contributed by atoms with E-state index in [1.807, 2.05) is 42.5 Å². The first-order valence-corrected chi connectivity index (χ1v) is 7.94. The minimum atomic E-state index is -0.457. The van der Waals surface area contributed by atoms with Crippen LogP contribution in [0.1, 0.15) is 17.5 Å². The SMILES string of the molecule is COc1ccc(/C=N\NC(=O)CC(=O)NCCc2ccccc2)cc1. The highest BCUT2D eigenvalue weighted by Crippen LogP contribution is 2.09. The van der Waals surface area contributed by atoms with Crippen molar-refractivity contribution in [3.8, 4) is 5.75 Å². The van der Waals surface area contributed by atoms with E-state index in [0.717, 1.165) is 23.3 Å². The number of carbonyl (C=O) groups is 2. The van der Waals surface area contributed by atoms with E-state index in [1.165, 1.54) is 6.21 Å². The van der Waals surface area contributed by atoms with E-state index in [-0.39, 0.29) is 12.3 Å². The van der Waals surface area contributed by atoms with Crippen LogP contribution in [0.4, 0.5) is 0 Å². The van der Waals surface area contributed by atoms with Crippen molar-refractivity contribution < 1.29 is 14.3 Å². The fourth-order valence-electron chi connectivity index (χ4n) is 2.11. The van der Waals surface area contributed by atoms with E-state index in [2.05, 4.69) is 15.8 Å². The summed E-state index contributed by atoms with van der Waals surface area (Å²) in [4.78, 5) is 23.4. The van der Waals surface area contributed by atoms with Gasteiger partial charge in [-0.05, 0) is 41.8 Å². The van der Waals surface area contributed by atoms with Crippen molar-refractivity contribution in [2.75, 3.05) is 13.7 Å². The standard InChI is InChI=1S/C19H21N3O3/c1-25-17-9-7-16(8-10-17)14-21-22-19(24)13-18(23)20-12-11-15-5-3-2-4-6-15/h2-10,14H,11-13H2,1H3,(H,20,23)(H,22,24)/b21-14-. The van der Waals surface area contributed by atoms with Gasteiger partial charge in [-0.15, -0.1) is 0 Å². The van der Waals surface area contributed by atoms with Gasteiger partial charge in [-0.3, -0.25) is 9.59 Å². The second-order valence-corrected chi connectivity index (χ2v) is 5.33. The molecule has 2 aromatic carbocycles. The molecule has 0 heterocycles. The molecule has 0 aliphatic rings. The molecule has 0 saturated heterocycles. The first kappa shape index (κ1) is 18.2. The van der Waals surface area contributed by atoms with Crippen LogP contribution in [0.25, 0.3) is 0 Å². The molecular formula is C19H21N3O3. The first-order chi connectivity index (χ1) is 12.2. The first-order valence-electron chi connectivity index (χ1n) is 7.94. The summed E-state index contributed by atoms with van der Waals surface area (Å²) in [5, 5.41) is 6.55. The molecular weight excluding hydrogens is 318 g/mol. The van der Waals surface area contributed by atoms with Crippen LogP contribution in [-0.2, 0) is 16.0 Å². The highest BCUT2D eigenvalue weighted by molar-refractivity contribution is 5.97. The minimum absolute atomic E-state index is 0.255. The number of hydrogen-bond donors (Lipinski definition) is 2. The predicted molar refractivity (Wildman–Crippen MR) is 96.5 cm³/mol. The third-order valence-electron chi connectivity index (χ3n) is 3.42. The number of nitrogens with one attached hydrogen (secondary N) is 2. The normalized spacial score (nSPS) is 10.4. The topological polar surface area (TPSA) is 79.8 Å². The third-order valence-corrected chi connectivity index (χ3v) is 3.42. The van der Waals surface area contributed by atoms with Crippen molar-refractivity contribution in [3.63, 3.8) is 0 Å². The van der Waals surface area contributed by atoms with Crippen molar-refractivity contribution in [1.29, 1.82) is 0 Å². The highest BCUT2D eigenvalue weighted by atomic mass is 16.5. The lowest BCUT2D eigenvalue weighted by Gasteiger charge is -2.04. The van der Waals surface area contributed by atoms with Gasteiger partial charge in [-0.1, -0.05) is 30.3 Å². The van der Waals surface area contributed by atoms with Gasteiger partial charge in [0.25, 0.3) is 0 Å². The molecule has 0 fully saturated rings. The summed E-state index contributed by atoms with van der Waals surface area (Å²) in [6, 6.07) is 17.0. The van der Waals surface area contributed by atoms with Crippen LogP contribution < -0.4 is 15.5 Å². The van der Waals surface area contributed by atoms with E-state index >= 15 is 0 Å². The van der Waals surface area contributed by atoms with Gasteiger partial charge in [0.15, 0.2) is 0 Å². The molecule has 0 spiro atoms. The Hall–Kier alpha value is -3.15. The van der Waals surface area contributed by atoms with Crippen molar-refractivity contribution in [3.05, 3.63) is 65.7 Å². The Morgan fingerprint density at radius 3 is 2.44 bits per heavy atom. The van der Waals surface area contributed by atoms with Crippen molar-refractivity contribution >= 4 is 18.0 Å². The fraction of sp³-hybridized carbons (Fsp3) is 0.211. The monoisotopic (exact) mass is 339 g/mol. The van der Waals surface area contributed by atoms with Crippen LogP contribution in [-0.4, -0.2) is 31.7 Å². The Kier molecular flexibility index (Phi) is 7.18. The summed E-state index contributed by atoms with van der Waals surface area (Å²) >= 11 is 0. The Bertz CT molecular complexity index is 712. The number of amides is 2. The molecule has 0 unspecified atom stereocenters. The molecule has 2 amide bonds. The molecule has 2 N–H and O–H groups in total. The summed E-state index contributed by atoms with van der Waals surface area (Å²) in [7, 11) is 1.59. The quantitative estimate of drug-likeness (QED) is 0.438. The van der Waals surface area contributed by atoms with Crippen LogP contribution in [0.3, 0.4) is 0 Å². The Balaban J connectivity index is 1.66. The second-order valence-electron chi connectivity index (χ2n) is 5.33. The zero-order chi connectivity index (χ0) is 17.9. The van der Waals surface area contributed by atoms with Gasteiger partial charge in [0.05, 0.1) is 13.3 Å². The Labute approximate surface area is 146 Å². The fourth-order valence-corrected chi connectivity index (χ4v) is 2.11. The van der Waals surface area contributed by atoms with Crippen molar-refractivity contribution in [1.82, 2.24) is 10.7 Å². The van der Waals surface area contributed by atoms with Crippen molar-refractivity contribution in [2.45, 2.75) is 12.8 Å². The van der Waals surface area contributed by atoms with Gasteiger partial charge in [-0.25, -0.2) is 5.43 Å². The van der Waals surface area contributed by atoms with Gasteiger partial charge in [0.2, 0.25) is 11.8 Å². The maximum Gasteiger partial charge on any atom is 0.249 e. The molecule has 0 aromatic heterocycles. The van der Waals surface area contributed by atoms with E-state index in [0.29, 0.717) is 6.54 Å². The average molecular weight is 339 g/mol. The van der Waals surface area contributed by atoms with Crippen LogP contribution in [0.2, 0.25) is 0 Å². The zero-order valence-electron chi connectivity index (χ0n) is 14.1. The molecule has 25 heavy (non-hydrogen) atoms. The molecule has 0 bridgehead atoms. The summed E-state index contributed by atoms with van der Waals surface area (Å²) < 4.78 is 5.06. The number of hydrogen-bond acceptors (Lipinski definition) is 4. The third kappa shape index (κ3) is 6.87. The van der Waals surface area contributed by atoms with E-state index in [4.69, 9.17) is 4.74 Å². The number of benzene rings is 2. The number of hydrazone groups is 1. The van der Waals surface area contributed by atoms with E-state index < -0.39 is 5.91 Å². The number of carbonyl (C=O) groups excluding carboxylic acids is 2. The van der Waals surface area contributed by atoms with Crippen LogP contribution in [0.15, 0.2) is 59.7 Å². The Morgan fingerprint density at radius 2 is 1.76 bits per heavy atom. The second kappa shape index (κ2) is 9.87. The largest absolute Gasteiger partial charge is 0.497 e. The number of nitrogens with zero attached hydrogens (tertiary/aromatic N) is 1. The molecule has 6 heteroatoms. The van der Waals surface area contributed by atoms with E-state index in [1.54, 1.807) is 19.2 Å². The summed E-state index contributed by atoms with van der Waals surface area (Å²) in [6.45, 7) is 0.491. The van der Waals surface area contributed by atoms with E-state index in [9.17, 15) is 9.59 Å². The van der Waals surface area contributed by atoms with Crippen LogP contribution in [0.5, 0.6) is 5.75 Å². The number of methoxy groups -OCH3 is 1. The Morgan fingerprint density at radius 1 is 1.04 bits per heavy atom. The van der Waals surface area contributed by atoms with Gasteiger partial charge in [-0.2, -0.15) is 5.10 Å². The zero-order valence-corrected chi connectivity index (χ0v) is 14.1. The molecule has 6 nitrogen and oxygen atoms in total. The van der Waals surface area contributed by atoms with Gasteiger partial charge < -0.3 is 10.1 Å². The van der Waals surface area contributed by atoms with Gasteiger partial charge in [0.1, 0.15) is 12.2 Å². The number of rotatable bonds is 8. The molecule has 2 aromatic rings. The highest BCUT2D eigenvalue weighted by Gasteiger charge is 2.07. The van der Waals surface area contributed by atoms with Crippen LogP contribution in [0, 0.1) is 0 Å². The molecule has 0 saturated carbocycles. The smallest absolute Gasteiger partial charge is 0.249 e. The maximum absolute atomic E-state index is 11.7. The maximum atomic E-state index is 11.7. The molecule has 0 aliphatic heterocycles. The summed E-state index contributed by atoms with van der Waals surface area (Å²) in [5.41, 5.74) is 4.29. The molecule has 0 aliphatic carbocycles. The lowest BCUT2D eigenvalue weighted by molar-refractivity contribution is -0.129. The van der Waals surface area contributed by atoms with Gasteiger partial charge >= 0.3 is 0 Å². The summed E-state index contributed by atoms with van der Waals surface area (Å²) in [5.74, 6) is -0.0385. The molecule has 0 radical (unpaired) electrons. The molecule has 2 rings (SSSR count).